The number of halogens is 3. The molecule has 2 rings (SSSR count). The van der Waals surface area contributed by atoms with Crippen molar-refractivity contribution in [1.82, 2.24) is 4.90 Å². The van der Waals surface area contributed by atoms with E-state index in [-0.39, 0.29) is 18.2 Å². The summed E-state index contributed by atoms with van der Waals surface area (Å²) in [5.41, 5.74) is 5.50. The van der Waals surface area contributed by atoms with Crippen molar-refractivity contribution in [3.63, 3.8) is 0 Å². The lowest BCUT2D eigenvalue weighted by Crippen LogP contribution is -2.38. The maximum absolute atomic E-state index is 13.1. The molecule has 0 radical (unpaired) electrons. The first-order chi connectivity index (χ1) is 9.45. The molecule has 20 heavy (non-hydrogen) atoms. The Morgan fingerprint density at radius 2 is 1.85 bits per heavy atom. The molecule has 0 aromatic heterocycles. The third-order valence-electron chi connectivity index (χ3n) is 4.24. The highest BCUT2D eigenvalue weighted by Crippen LogP contribution is 2.37. The van der Waals surface area contributed by atoms with Gasteiger partial charge in [0.05, 0.1) is 5.56 Å². The summed E-state index contributed by atoms with van der Waals surface area (Å²) in [6.07, 6.45) is 0.0450. The Morgan fingerprint density at radius 1 is 1.25 bits per heavy atom. The third-order valence-corrected chi connectivity index (χ3v) is 4.24. The first-order valence-corrected chi connectivity index (χ1v) is 7.03. The minimum Gasteiger partial charge on any atom is -0.329 e. The summed E-state index contributed by atoms with van der Waals surface area (Å²) >= 11 is 0. The highest BCUT2D eigenvalue weighted by Gasteiger charge is 2.36. The number of benzene rings is 1. The molecule has 2 N–H and O–H groups in total. The van der Waals surface area contributed by atoms with E-state index in [1.807, 2.05) is 11.9 Å². The van der Waals surface area contributed by atoms with E-state index < -0.39 is 11.7 Å². The number of likely N-dealkylation sites (N-methyl/N-ethyl adjacent to an activating group) is 1. The van der Waals surface area contributed by atoms with Crippen molar-refractivity contribution in [2.75, 3.05) is 13.6 Å². The number of rotatable bonds is 4. The second-order valence-corrected chi connectivity index (χ2v) is 5.44. The quantitative estimate of drug-likeness (QED) is 0.916. The molecular weight excluding hydrogens is 265 g/mol. The zero-order valence-electron chi connectivity index (χ0n) is 11.7. The van der Waals surface area contributed by atoms with E-state index >= 15 is 0 Å². The van der Waals surface area contributed by atoms with Crippen molar-refractivity contribution in [3.8, 4) is 0 Å². The van der Waals surface area contributed by atoms with Crippen LogP contribution in [-0.4, -0.2) is 24.5 Å². The van der Waals surface area contributed by atoms with Gasteiger partial charge < -0.3 is 5.73 Å². The fourth-order valence-electron chi connectivity index (χ4n) is 3.12. The summed E-state index contributed by atoms with van der Waals surface area (Å²) in [6, 6.07) is 5.72. The lowest BCUT2D eigenvalue weighted by molar-refractivity contribution is -0.138. The Kier molecular flexibility index (Phi) is 4.70. The summed E-state index contributed by atoms with van der Waals surface area (Å²) < 4.78 is 39.4. The second kappa shape index (κ2) is 6.14. The molecule has 0 saturated heterocycles. The summed E-state index contributed by atoms with van der Waals surface area (Å²) in [5.74, 6) is 0. The molecule has 112 valence electrons. The minimum atomic E-state index is -4.33. The summed E-state index contributed by atoms with van der Waals surface area (Å²) in [7, 11) is 1.89. The Labute approximate surface area is 117 Å². The molecule has 1 saturated carbocycles. The maximum Gasteiger partial charge on any atom is 0.416 e. The van der Waals surface area contributed by atoms with Crippen molar-refractivity contribution >= 4 is 0 Å². The molecule has 0 aliphatic heterocycles. The van der Waals surface area contributed by atoms with Crippen LogP contribution in [0.2, 0.25) is 0 Å². The fraction of sp³-hybridized carbons (Fsp3) is 0.600. The van der Waals surface area contributed by atoms with Gasteiger partial charge in [-0.3, -0.25) is 4.90 Å². The summed E-state index contributed by atoms with van der Waals surface area (Å²) in [6.45, 7) is 0.195. The molecular formula is C15H21F3N2. The SMILES string of the molecule is CN(C1CCCC1)C(CN)c1ccccc1C(F)(F)F. The van der Waals surface area contributed by atoms with Gasteiger partial charge in [0.15, 0.2) is 0 Å². The first kappa shape index (κ1) is 15.3. The van der Waals surface area contributed by atoms with Crippen LogP contribution in [0.1, 0.15) is 42.9 Å². The molecule has 5 heteroatoms. The molecule has 0 amide bonds. The van der Waals surface area contributed by atoms with E-state index in [4.69, 9.17) is 5.73 Å². The molecule has 1 atom stereocenters. The smallest absolute Gasteiger partial charge is 0.329 e. The van der Waals surface area contributed by atoms with Crippen LogP contribution in [0.4, 0.5) is 13.2 Å². The largest absolute Gasteiger partial charge is 0.416 e. The highest BCUT2D eigenvalue weighted by atomic mass is 19.4. The van der Waals surface area contributed by atoms with Gasteiger partial charge in [-0.1, -0.05) is 31.0 Å². The minimum absolute atomic E-state index is 0.195. The summed E-state index contributed by atoms with van der Waals surface area (Å²) in [4.78, 5) is 2.03. The molecule has 1 fully saturated rings. The van der Waals surface area contributed by atoms with Crippen LogP contribution in [-0.2, 0) is 6.18 Å². The van der Waals surface area contributed by atoms with Gasteiger partial charge in [-0.25, -0.2) is 0 Å². The Bertz CT molecular complexity index is 439. The van der Waals surface area contributed by atoms with E-state index in [2.05, 4.69) is 0 Å². The predicted molar refractivity (Wildman–Crippen MR) is 73.3 cm³/mol. The average molecular weight is 286 g/mol. The van der Waals surface area contributed by atoms with Gasteiger partial charge in [0, 0.05) is 18.6 Å². The third kappa shape index (κ3) is 3.15. The molecule has 0 heterocycles. The van der Waals surface area contributed by atoms with E-state index in [0.29, 0.717) is 6.04 Å². The number of nitrogens with zero attached hydrogens (tertiary/aromatic N) is 1. The van der Waals surface area contributed by atoms with Crippen LogP contribution in [0.3, 0.4) is 0 Å². The molecule has 1 unspecified atom stereocenters. The van der Waals surface area contributed by atoms with E-state index in [1.54, 1.807) is 12.1 Å². The van der Waals surface area contributed by atoms with Crippen molar-refractivity contribution in [2.45, 2.75) is 43.9 Å². The van der Waals surface area contributed by atoms with Crippen LogP contribution >= 0.6 is 0 Å². The molecule has 1 aliphatic rings. The Balaban J connectivity index is 2.31. The van der Waals surface area contributed by atoms with Gasteiger partial charge in [-0.05, 0) is 31.5 Å². The van der Waals surface area contributed by atoms with Crippen LogP contribution in [0, 0.1) is 0 Å². The van der Waals surface area contributed by atoms with Gasteiger partial charge >= 0.3 is 6.18 Å². The van der Waals surface area contributed by atoms with Crippen molar-refractivity contribution in [1.29, 1.82) is 0 Å². The standard InChI is InChI=1S/C15H21F3N2/c1-20(11-6-2-3-7-11)14(10-19)12-8-4-5-9-13(12)15(16,17)18/h4-5,8-9,11,14H,2-3,6-7,10,19H2,1H3. The zero-order chi connectivity index (χ0) is 14.8. The van der Waals surface area contributed by atoms with Gasteiger partial charge in [0.25, 0.3) is 0 Å². The predicted octanol–water partition coefficient (Wildman–Crippen LogP) is 3.58. The maximum atomic E-state index is 13.1. The lowest BCUT2D eigenvalue weighted by atomic mass is 9.97. The molecule has 1 aromatic carbocycles. The number of hydrogen-bond acceptors (Lipinski definition) is 2. The molecule has 0 spiro atoms. The fourth-order valence-corrected chi connectivity index (χ4v) is 3.12. The monoisotopic (exact) mass is 286 g/mol. The topological polar surface area (TPSA) is 29.3 Å². The van der Waals surface area contributed by atoms with Crippen LogP contribution in [0.25, 0.3) is 0 Å². The second-order valence-electron chi connectivity index (χ2n) is 5.44. The average Bonchev–Trinajstić information content (AvgIpc) is 2.92. The number of nitrogens with two attached hydrogens (primary N) is 1. The number of hydrogen-bond donors (Lipinski definition) is 1. The van der Waals surface area contributed by atoms with Gasteiger partial charge in [-0.2, -0.15) is 13.2 Å². The van der Waals surface area contributed by atoms with Gasteiger partial charge in [-0.15, -0.1) is 0 Å². The molecule has 1 aromatic rings. The van der Waals surface area contributed by atoms with Crippen LogP contribution in [0.5, 0.6) is 0 Å². The van der Waals surface area contributed by atoms with Gasteiger partial charge in [0.2, 0.25) is 0 Å². The lowest BCUT2D eigenvalue weighted by Gasteiger charge is -2.34. The normalized spacial score (nSPS) is 18.7. The van der Waals surface area contributed by atoms with Crippen molar-refractivity contribution in [2.24, 2.45) is 5.73 Å². The van der Waals surface area contributed by atoms with E-state index in [9.17, 15) is 13.2 Å². The van der Waals surface area contributed by atoms with Crippen LogP contribution < -0.4 is 5.73 Å². The van der Waals surface area contributed by atoms with E-state index in [1.165, 1.54) is 6.07 Å². The Morgan fingerprint density at radius 3 is 2.40 bits per heavy atom. The van der Waals surface area contributed by atoms with Crippen molar-refractivity contribution < 1.29 is 13.2 Å². The van der Waals surface area contributed by atoms with E-state index in [0.717, 1.165) is 31.7 Å². The van der Waals surface area contributed by atoms with Gasteiger partial charge in [0.1, 0.15) is 0 Å². The highest BCUT2D eigenvalue weighted by molar-refractivity contribution is 5.32. The molecule has 0 bridgehead atoms. The Hall–Kier alpha value is -1.07. The summed E-state index contributed by atoms with van der Waals surface area (Å²) in [5, 5.41) is 0. The van der Waals surface area contributed by atoms with Crippen molar-refractivity contribution in [3.05, 3.63) is 35.4 Å². The molecule has 2 nitrogen and oxygen atoms in total. The van der Waals surface area contributed by atoms with Crippen LogP contribution in [0.15, 0.2) is 24.3 Å². The molecule has 1 aliphatic carbocycles. The zero-order valence-corrected chi connectivity index (χ0v) is 11.7. The number of alkyl halides is 3. The first-order valence-electron chi connectivity index (χ1n) is 7.03.